The molecular weight excluding hydrogens is 273 g/mol. The van der Waals surface area contributed by atoms with E-state index in [4.69, 9.17) is 23.8 Å². The molecule has 18 heavy (non-hydrogen) atoms. The molecule has 92 valence electrons. The number of rotatable bonds is 2. The van der Waals surface area contributed by atoms with E-state index >= 15 is 0 Å². The van der Waals surface area contributed by atoms with Gasteiger partial charge in [-0.15, -0.1) is 0 Å². The van der Waals surface area contributed by atoms with Crippen molar-refractivity contribution in [2.24, 2.45) is 0 Å². The Morgan fingerprint density at radius 2 is 1.83 bits per heavy atom. The minimum atomic E-state index is -0.293. The Balaban J connectivity index is 1.96. The Bertz CT molecular complexity index is 493. The highest BCUT2D eigenvalue weighted by Gasteiger charge is 2.00. The Hall–Kier alpha value is -1.72. The van der Waals surface area contributed by atoms with Crippen LogP contribution >= 0.6 is 23.8 Å². The van der Waals surface area contributed by atoms with Crippen LogP contribution in [0.3, 0.4) is 0 Å². The fourth-order valence-electron chi connectivity index (χ4n) is 1.26. The lowest BCUT2D eigenvalue weighted by molar-refractivity contribution is 0.628. The van der Waals surface area contributed by atoms with E-state index in [0.29, 0.717) is 21.6 Å². The van der Waals surface area contributed by atoms with Crippen molar-refractivity contribution in [2.75, 3.05) is 10.6 Å². The predicted octanol–water partition coefficient (Wildman–Crippen LogP) is 3.68. The van der Waals surface area contributed by atoms with Crippen LogP contribution in [0, 0.1) is 5.82 Å². The van der Waals surface area contributed by atoms with Gasteiger partial charge in [-0.2, -0.15) is 0 Å². The van der Waals surface area contributed by atoms with Gasteiger partial charge in [-0.1, -0.05) is 11.6 Å². The number of nitrogens with one attached hydrogen (secondary N) is 2. The highest BCUT2D eigenvalue weighted by atomic mass is 35.5. The topological polar surface area (TPSA) is 37.0 Å². The van der Waals surface area contributed by atoms with Crippen LogP contribution < -0.4 is 10.6 Å². The Kier molecular flexibility index (Phi) is 4.07. The van der Waals surface area contributed by atoms with Crippen molar-refractivity contribution < 1.29 is 4.39 Å². The maximum atomic E-state index is 12.7. The highest BCUT2D eigenvalue weighted by Crippen LogP contribution is 2.11. The average Bonchev–Trinajstić information content (AvgIpc) is 2.35. The van der Waals surface area contributed by atoms with Crippen molar-refractivity contribution in [1.29, 1.82) is 0 Å². The van der Waals surface area contributed by atoms with E-state index in [2.05, 4.69) is 15.6 Å². The molecule has 0 saturated carbocycles. The molecule has 0 unspecified atom stereocenters. The molecule has 1 aromatic heterocycles. The summed E-state index contributed by atoms with van der Waals surface area (Å²) in [6.45, 7) is 0. The Morgan fingerprint density at radius 1 is 1.11 bits per heavy atom. The minimum Gasteiger partial charge on any atom is -0.332 e. The molecule has 0 aliphatic carbocycles. The second-order valence-electron chi connectivity index (χ2n) is 3.45. The largest absolute Gasteiger partial charge is 0.332 e. The first kappa shape index (κ1) is 12.7. The first-order valence-electron chi connectivity index (χ1n) is 5.08. The first-order valence-corrected chi connectivity index (χ1v) is 5.87. The Labute approximate surface area is 114 Å². The second kappa shape index (κ2) is 5.75. The summed E-state index contributed by atoms with van der Waals surface area (Å²) < 4.78 is 12.7. The van der Waals surface area contributed by atoms with Crippen molar-refractivity contribution in [3.05, 3.63) is 53.4 Å². The zero-order chi connectivity index (χ0) is 13.0. The quantitative estimate of drug-likeness (QED) is 0.824. The molecule has 0 atom stereocenters. The molecule has 2 rings (SSSR count). The molecule has 0 aliphatic heterocycles. The van der Waals surface area contributed by atoms with Gasteiger partial charge in [0, 0.05) is 11.9 Å². The summed E-state index contributed by atoms with van der Waals surface area (Å²) in [5.74, 6) is 0.290. The lowest BCUT2D eigenvalue weighted by atomic mass is 10.3. The molecule has 0 amide bonds. The molecule has 0 radical (unpaired) electrons. The van der Waals surface area contributed by atoms with Crippen LogP contribution in [0.2, 0.25) is 5.02 Å². The predicted molar refractivity (Wildman–Crippen MR) is 75.5 cm³/mol. The third-order valence-electron chi connectivity index (χ3n) is 2.07. The molecule has 2 aromatic rings. The first-order chi connectivity index (χ1) is 8.63. The molecule has 2 N–H and O–H groups in total. The van der Waals surface area contributed by atoms with Gasteiger partial charge >= 0.3 is 0 Å². The van der Waals surface area contributed by atoms with Crippen LogP contribution in [-0.4, -0.2) is 10.1 Å². The monoisotopic (exact) mass is 281 g/mol. The summed E-state index contributed by atoms with van der Waals surface area (Å²) in [6.07, 6.45) is 1.52. The molecule has 1 heterocycles. The molecular formula is C12H9ClFN3S. The van der Waals surface area contributed by atoms with Crippen LogP contribution in [0.15, 0.2) is 42.6 Å². The zero-order valence-corrected chi connectivity index (χ0v) is 10.7. The van der Waals surface area contributed by atoms with Crippen LogP contribution in [-0.2, 0) is 0 Å². The number of thiocarbonyl (C=S) groups is 1. The maximum Gasteiger partial charge on any atom is 0.176 e. The van der Waals surface area contributed by atoms with Gasteiger partial charge in [0.05, 0.1) is 5.02 Å². The third kappa shape index (κ3) is 3.65. The number of hydrogen-bond acceptors (Lipinski definition) is 2. The normalized spacial score (nSPS) is 9.89. The molecule has 6 heteroatoms. The standard InChI is InChI=1S/C12H9ClFN3S/c13-8-1-6-11(15-7-8)17-12(18)16-10-4-2-9(14)3-5-10/h1-7H,(H2,15,16,17,18). The van der Waals surface area contributed by atoms with Crippen LogP contribution in [0.5, 0.6) is 0 Å². The summed E-state index contributed by atoms with van der Waals surface area (Å²) in [6, 6.07) is 9.31. The zero-order valence-electron chi connectivity index (χ0n) is 9.15. The van der Waals surface area contributed by atoms with Crippen molar-refractivity contribution in [3.8, 4) is 0 Å². The van der Waals surface area contributed by atoms with E-state index in [0.717, 1.165) is 0 Å². The number of aromatic nitrogens is 1. The molecule has 0 saturated heterocycles. The fraction of sp³-hybridized carbons (Fsp3) is 0. The van der Waals surface area contributed by atoms with Gasteiger partial charge in [-0.3, -0.25) is 0 Å². The van der Waals surface area contributed by atoms with Gasteiger partial charge in [0.2, 0.25) is 0 Å². The van der Waals surface area contributed by atoms with Crippen LogP contribution in [0.25, 0.3) is 0 Å². The van der Waals surface area contributed by atoms with E-state index in [1.165, 1.54) is 18.3 Å². The summed E-state index contributed by atoms with van der Waals surface area (Å²) in [4.78, 5) is 4.04. The number of halogens is 2. The maximum absolute atomic E-state index is 12.7. The lowest BCUT2D eigenvalue weighted by Crippen LogP contribution is -2.19. The summed E-state index contributed by atoms with van der Waals surface area (Å²) in [7, 11) is 0. The van der Waals surface area contributed by atoms with Crippen molar-refractivity contribution >= 4 is 40.4 Å². The Morgan fingerprint density at radius 3 is 2.44 bits per heavy atom. The SMILES string of the molecule is Fc1ccc(NC(=S)Nc2ccc(Cl)cn2)cc1. The van der Waals surface area contributed by atoms with E-state index in [-0.39, 0.29) is 5.82 Å². The van der Waals surface area contributed by atoms with E-state index in [1.54, 1.807) is 24.3 Å². The van der Waals surface area contributed by atoms with Gasteiger partial charge in [0.1, 0.15) is 11.6 Å². The molecule has 0 bridgehead atoms. The van der Waals surface area contributed by atoms with Crippen LogP contribution in [0.4, 0.5) is 15.9 Å². The molecule has 0 fully saturated rings. The number of hydrogen-bond donors (Lipinski definition) is 2. The molecule has 3 nitrogen and oxygen atoms in total. The van der Waals surface area contributed by atoms with Gasteiger partial charge in [-0.05, 0) is 48.6 Å². The molecule has 0 aliphatic rings. The summed E-state index contributed by atoms with van der Waals surface area (Å²) in [5.41, 5.74) is 0.697. The average molecular weight is 282 g/mol. The van der Waals surface area contributed by atoms with Gasteiger partial charge in [-0.25, -0.2) is 9.37 Å². The van der Waals surface area contributed by atoms with Crippen molar-refractivity contribution in [1.82, 2.24) is 4.98 Å². The summed E-state index contributed by atoms with van der Waals surface area (Å²) >= 11 is 10.8. The number of anilines is 2. The lowest BCUT2D eigenvalue weighted by Gasteiger charge is -2.09. The van der Waals surface area contributed by atoms with E-state index < -0.39 is 0 Å². The number of nitrogens with zero attached hydrogens (tertiary/aromatic N) is 1. The number of benzene rings is 1. The van der Waals surface area contributed by atoms with Crippen LogP contribution in [0.1, 0.15) is 0 Å². The minimum absolute atomic E-state index is 0.293. The smallest absolute Gasteiger partial charge is 0.176 e. The van der Waals surface area contributed by atoms with Gasteiger partial charge in [0.25, 0.3) is 0 Å². The van der Waals surface area contributed by atoms with E-state index in [1.807, 2.05) is 0 Å². The van der Waals surface area contributed by atoms with Crippen molar-refractivity contribution in [2.45, 2.75) is 0 Å². The summed E-state index contributed by atoms with van der Waals surface area (Å²) in [5, 5.41) is 6.73. The number of pyridine rings is 1. The van der Waals surface area contributed by atoms with Crippen molar-refractivity contribution in [3.63, 3.8) is 0 Å². The van der Waals surface area contributed by atoms with Gasteiger partial charge in [0.15, 0.2) is 5.11 Å². The fourth-order valence-corrected chi connectivity index (χ4v) is 1.60. The second-order valence-corrected chi connectivity index (χ2v) is 4.29. The molecule has 0 spiro atoms. The third-order valence-corrected chi connectivity index (χ3v) is 2.50. The highest BCUT2D eigenvalue weighted by molar-refractivity contribution is 7.80. The van der Waals surface area contributed by atoms with E-state index in [9.17, 15) is 4.39 Å². The molecule has 1 aromatic carbocycles. The van der Waals surface area contributed by atoms with Gasteiger partial charge < -0.3 is 10.6 Å².